The first-order chi connectivity index (χ1) is 9.31. The van der Waals surface area contributed by atoms with Crippen molar-refractivity contribution in [2.75, 3.05) is 6.61 Å². The Morgan fingerprint density at radius 1 is 1.16 bits per heavy atom. The van der Waals surface area contributed by atoms with Crippen molar-refractivity contribution >= 4 is 23.4 Å². The molecular weight excluding hydrogens is 276 g/mol. The van der Waals surface area contributed by atoms with Gasteiger partial charge in [-0.1, -0.05) is 41.9 Å². The van der Waals surface area contributed by atoms with Crippen molar-refractivity contribution in [2.45, 2.75) is 23.2 Å². The molecule has 3 heteroatoms. The van der Waals surface area contributed by atoms with E-state index in [-0.39, 0.29) is 0 Å². The first-order valence-electron chi connectivity index (χ1n) is 6.38. The predicted octanol–water partition coefficient (Wildman–Crippen LogP) is 4.57. The molecule has 0 aliphatic carbocycles. The zero-order valence-corrected chi connectivity index (χ0v) is 12.1. The van der Waals surface area contributed by atoms with Crippen LogP contribution in [-0.2, 0) is 17.8 Å². The fraction of sp³-hybridized carbons (Fsp3) is 0.250. The van der Waals surface area contributed by atoms with Crippen LogP contribution in [-0.4, -0.2) is 11.9 Å². The molecule has 0 amide bonds. The summed E-state index contributed by atoms with van der Waals surface area (Å²) in [5.74, 6) is 0. The number of fused-ring (bicyclic) bond motifs is 1. The van der Waals surface area contributed by atoms with Crippen molar-refractivity contribution in [2.24, 2.45) is 0 Å². The van der Waals surface area contributed by atoms with E-state index in [0.29, 0.717) is 11.9 Å². The molecule has 1 nitrogen and oxygen atoms in total. The van der Waals surface area contributed by atoms with Crippen LogP contribution in [0.3, 0.4) is 0 Å². The highest BCUT2D eigenvalue weighted by atomic mass is 35.5. The third-order valence-corrected chi connectivity index (χ3v) is 4.70. The van der Waals surface area contributed by atoms with E-state index < -0.39 is 0 Å². The first kappa shape index (κ1) is 13.0. The van der Waals surface area contributed by atoms with E-state index in [1.807, 2.05) is 36.0 Å². The molecular formula is C16H15ClOS. The lowest BCUT2D eigenvalue weighted by molar-refractivity contribution is 0.122. The van der Waals surface area contributed by atoms with E-state index >= 15 is 0 Å². The lowest BCUT2D eigenvalue weighted by Crippen LogP contribution is -2.10. The van der Waals surface area contributed by atoms with Gasteiger partial charge in [0, 0.05) is 15.2 Å². The highest BCUT2D eigenvalue weighted by Crippen LogP contribution is 2.36. The van der Waals surface area contributed by atoms with Crippen LogP contribution in [0.15, 0.2) is 53.4 Å². The maximum absolute atomic E-state index is 5.95. The van der Waals surface area contributed by atoms with Crippen LogP contribution in [0.4, 0.5) is 0 Å². The van der Waals surface area contributed by atoms with E-state index in [4.69, 9.17) is 16.3 Å². The number of rotatable bonds is 4. The van der Waals surface area contributed by atoms with Gasteiger partial charge in [0.2, 0.25) is 0 Å². The molecule has 0 bridgehead atoms. The van der Waals surface area contributed by atoms with E-state index in [0.717, 1.165) is 23.6 Å². The molecule has 98 valence electrons. The lowest BCUT2D eigenvalue weighted by Gasteiger charge is -2.09. The van der Waals surface area contributed by atoms with Gasteiger partial charge in [-0.05, 0) is 35.7 Å². The monoisotopic (exact) mass is 290 g/mol. The summed E-state index contributed by atoms with van der Waals surface area (Å²) in [7, 11) is 0. The molecule has 0 N–H and O–H groups in total. The molecule has 0 aromatic heterocycles. The smallest absolute Gasteiger partial charge is 0.0717 e. The maximum Gasteiger partial charge on any atom is 0.0717 e. The third-order valence-electron chi connectivity index (χ3n) is 3.18. The van der Waals surface area contributed by atoms with Gasteiger partial charge in [0.15, 0.2) is 0 Å². The fourth-order valence-electron chi connectivity index (χ4n) is 2.28. The first-order valence-corrected chi connectivity index (χ1v) is 7.64. The van der Waals surface area contributed by atoms with Gasteiger partial charge in [0.05, 0.1) is 13.2 Å². The molecule has 2 aromatic rings. The molecule has 2 aromatic carbocycles. The zero-order valence-electron chi connectivity index (χ0n) is 10.5. The highest BCUT2D eigenvalue weighted by molar-refractivity contribution is 8.00. The van der Waals surface area contributed by atoms with Crippen LogP contribution in [0.2, 0.25) is 5.02 Å². The molecule has 0 radical (unpaired) electrons. The van der Waals surface area contributed by atoms with Gasteiger partial charge in [-0.15, -0.1) is 11.8 Å². The highest BCUT2D eigenvalue weighted by Gasteiger charge is 2.21. The van der Waals surface area contributed by atoms with Gasteiger partial charge in [-0.2, -0.15) is 0 Å². The maximum atomic E-state index is 5.95. The van der Waals surface area contributed by atoms with Crippen LogP contribution in [0, 0.1) is 0 Å². The zero-order chi connectivity index (χ0) is 13.1. The number of thioether (sulfide) groups is 1. The summed E-state index contributed by atoms with van der Waals surface area (Å²) in [6.45, 7) is 1.42. The Kier molecular flexibility index (Phi) is 4.12. The van der Waals surface area contributed by atoms with Gasteiger partial charge >= 0.3 is 0 Å². The quantitative estimate of drug-likeness (QED) is 0.815. The molecule has 19 heavy (non-hydrogen) atoms. The molecule has 1 unspecified atom stereocenters. The Bertz CT molecular complexity index is 545. The van der Waals surface area contributed by atoms with Gasteiger partial charge in [0.1, 0.15) is 0 Å². The molecule has 1 aliphatic heterocycles. The number of halogens is 1. The molecule has 3 rings (SSSR count). The van der Waals surface area contributed by atoms with Crippen molar-refractivity contribution in [1.82, 2.24) is 0 Å². The topological polar surface area (TPSA) is 9.23 Å². The van der Waals surface area contributed by atoms with Gasteiger partial charge < -0.3 is 4.74 Å². The molecule has 1 atom stereocenters. The molecule has 0 saturated heterocycles. The minimum Gasteiger partial charge on any atom is -0.376 e. The fourth-order valence-corrected chi connectivity index (χ4v) is 3.74. The lowest BCUT2D eigenvalue weighted by atomic mass is 10.1. The van der Waals surface area contributed by atoms with E-state index in [9.17, 15) is 0 Å². The van der Waals surface area contributed by atoms with Crippen molar-refractivity contribution in [3.63, 3.8) is 0 Å². The van der Waals surface area contributed by atoms with Crippen LogP contribution >= 0.6 is 23.4 Å². The minimum absolute atomic E-state index is 0.539. The standard InChI is InChI=1S/C16H15ClOS/c17-14-6-3-4-12(8-14)10-18-11-15-9-13-5-1-2-7-16(13)19-15/h1-8,15H,9-11H2. The van der Waals surface area contributed by atoms with E-state index in [2.05, 4.69) is 24.3 Å². The summed E-state index contributed by atoms with van der Waals surface area (Å²) < 4.78 is 5.81. The van der Waals surface area contributed by atoms with Crippen LogP contribution in [0.25, 0.3) is 0 Å². The number of hydrogen-bond donors (Lipinski definition) is 0. The van der Waals surface area contributed by atoms with Crippen LogP contribution < -0.4 is 0 Å². The predicted molar refractivity (Wildman–Crippen MR) is 80.9 cm³/mol. The summed E-state index contributed by atoms with van der Waals surface area (Å²) in [6, 6.07) is 16.4. The molecule has 1 aliphatic rings. The van der Waals surface area contributed by atoms with Crippen molar-refractivity contribution < 1.29 is 4.74 Å². The normalized spacial score (nSPS) is 17.4. The van der Waals surface area contributed by atoms with Crippen molar-refractivity contribution in [3.05, 3.63) is 64.7 Å². The van der Waals surface area contributed by atoms with Crippen LogP contribution in [0.5, 0.6) is 0 Å². The molecule has 0 saturated carbocycles. The summed E-state index contributed by atoms with van der Waals surface area (Å²) in [5, 5.41) is 1.31. The largest absolute Gasteiger partial charge is 0.376 e. The minimum atomic E-state index is 0.539. The summed E-state index contributed by atoms with van der Waals surface area (Å²) >= 11 is 7.88. The summed E-state index contributed by atoms with van der Waals surface area (Å²) in [6.07, 6.45) is 1.11. The third kappa shape index (κ3) is 3.33. The Morgan fingerprint density at radius 2 is 2.05 bits per heavy atom. The second-order valence-corrected chi connectivity index (χ2v) is 6.48. The second kappa shape index (κ2) is 6.00. The number of hydrogen-bond acceptors (Lipinski definition) is 2. The van der Waals surface area contributed by atoms with Crippen molar-refractivity contribution in [3.8, 4) is 0 Å². The Balaban J connectivity index is 1.50. The molecule has 0 spiro atoms. The molecule has 1 heterocycles. The molecule has 0 fully saturated rings. The number of benzene rings is 2. The Hall–Kier alpha value is -0.960. The SMILES string of the molecule is Clc1cccc(COCC2Cc3ccccc3S2)c1. The van der Waals surface area contributed by atoms with Crippen molar-refractivity contribution in [1.29, 1.82) is 0 Å². The summed E-state index contributed by atoms with van der Waals surface area (Å²) in [5.41, 5.74) is 2.58. The second-order valence-electron chi connectivity index (χ2n) is 4.70. The average Bonchev–Trinajstić information content (AvgIpc) is 2.81. The van der Waals surface area contributed by atoms with Gasteiger partial charge in [-0.3, -0.25) is 0 Å². The van der Waals surface area contributed by atoms with E-state index in [1.165, 1.54) is 10.5 Å². The van der Waals surface area contributed by atoms with Gasteiger partial charge in [-0.25, -0.2) is 0 Å². The number of ether oxygens (including phenoxy) is 1. The van der Waals surface area contributed by atoms with E-state index in [1.54, 1.807) is 0 Å². The van der Waals surface area contributed by atoms with Gasteiger partial charge in [0.25, 0.3) is 0 Å². The summed E-state index contributed by atoms with van der Waals surface area (Å²) in [4.78, 5) is 1.40. The Labute approximate surface area is 122 Å². The van der Waals surface area contributed by atoms with Crippen LogP contribution in [0.1, 0.15) is 11.1 Å². The average molecular weight is 291 g/mol. The Morgan fingerprint density at radius 3 is 2.89 bits per heavy atom.